The van der Waals surface area contributed by atoms with Crippen LogP contribution >= 0.6 is 0 Å². The van der Waals surface area contributed by atoms with Gasteiger partial charge < -0.3 is 10.4 Å². The van der Waals surface area contributed by atoms with Crippen LogP contribution in [-0.4, -0.2) is 17.5 Å². The van der Waals surface area contributed by atoms with E-state index in [0.717, 1.165) is 12.1 Å². The molecule has 0 aromatic heterocycles. The summed E-state index contributed by atoms with van der Waals surface area (Å²) in [6.45, 7) is 0. The molecule has 2 N–H and O–H groups in total. The topological polar surface area (TPSA) is 66.4 Å². The van der Waals surface area contributed by atoms with Gasteiger partial charge in [0.25, 0.3) is 0 Å². The van der Waals surface area contributed by atoms with Gasteiger partial charge in [0, 0.05) is 5.56 Å². The van der Waals surface area contributed by atoms with Gasteiger partial charge in [-0.2, -0.15) is 0 Å². The second-order valence-electron chi connectivity index (χ2n) is 2.73. The molecule has 0 heterocycles. The Morgan fingerprint density at radius 3 is 2.60 bits per heavy atom. The van der Waals surface area contributed by atoms with Gasteiger partial charge in [-0.1, -0.05) is 6.07 Å². The van der Waals surface area contributed by atoms with Crippen molar-refractivity contribution in [3.8, 4) is 0 Å². The van der Waals surface area contributed by atoms with Crippen LogP contribution in [0.4, 0.5) is 14.5 Å². The minimum Gasteiger partial charge on any atom is -0.481 e. The zero-order chi connectivity index (χ0) is 11.4. The number of carbonyl (C=O) groups excluding carboxylic acids is 1. The van der Waals surface area contributed by atoms with Crippen molar-refractivity contribution < 1.29 is 23.5 Å². The number of hydrogen-bond acceptors (Lipinski definition) is 2. The first-order chi connectivity index (χ1) is 7.06. The van der Waals surface area contributed by atoms with Crippen LogP contribution < -0.4 is 5.32 Å². The van der Waals surface area contributed by atoms with E-state index in [1.807, 2.05) is 5.32 Å². The van der Waals surface area contributed by atoms with E-state index < -0.39 is 24.0 Å². The van der Waals surface area contributed by atoms with Gasteiger partial charge in [-0.3, -0.25) is 9.59 Å². The number of halogens is 2. The number of carboxylic acids is 1. The summed E-state index contributed by atoms with van der Waals surface area (Å²) in [5.74, 6) is -3.78. The molecule has 0 saturated heterocycles. The monoisotopic (exact) mass is 215 g/mol. The highest BCUT2D eigenvalue weighted by Crippen LogP contribution is 2.20. The van der Waals surface area contributed by atoms with Crippen molar-refractivity contribution in [1.82, 2.24) is 0 Å². The maximum absolute atomic E-state index is 13.2. The van der Waals surface area contributed by atoms with E-state index in [-0.39, 0.29) is 17.7 Å². The first kappa shape index (κ1) is 11.1. The van der Waals surface area contributed by atoms with Crippen LogP contribution in [-0.2, 0) is 16.0 Å². The second kappa shape index (κ2) is 4.50. The van der Waals surface area contributed by atoms with Gasteiger partial charge in [0.15, 0.2) is 11.6 Å². The first-order valence-corrected chi connectivity index (χ1v) is 3.95. The number of carboxylic acid groups (broad SMARTS) is 1. The first-order valence-electron chi connectivity index (χ1n) is 3.95. The number of carbonyl (C=O) groups is 2. The standard InChI is InChI=1S/C9H7F2NO3/c10-8-5(3-7(14)15)1-2-6(9(8)11)12-4-13/h1-2,4H,3H2,(H,12,13)(H,14,15). The van der Waals surface area contributed by atoms with Gasteiger partial charge in [0.2, 0.25) is 6.41 Å². The highest BCUT2D eigenvalue weighted by molar-refractivity contribution is 5.73. The summed E-state index contributed by atoms with van der Waals surface area (Å²) in [5, 5.41) is 10.3. The molecule has 0 radical (unpaired) electrons. The molecule has 4 nitrogen and oxygen atoms in total. The summed E-state index contributed by atoms with van der Waals surface area (Å²) >= 11 is 0. The third kappa shape index (κ3) is 2.49. The van der Waals surface area contributed by atoms with Crippen LogP contribution in [0.15, 0.2) is 12.1 Å². The van der Waals surface area contributed by atoms with E-state index in [2.05, 4.69) is 0 Å². The molecule has 0 spiro atoms. The zero-order valence-electron chi connectivity index (χ0n) is 7.46. The molecule has 1 aromatic carbocycles. The van der Waals surface area contributed by atoms with E-state index >= 15 is 0 Å². The van der Waals surface area contributed by atoms with Gasteiger partial charge in [0.1, 0.15) is 0 Å². The summed E-state index contributed by atoms with van der Waals surface area (Å²) in [4.78, 5) is 20.3. The number of nitrogens with one attached hydrogen (secondary N) is 1. The Morgan fingerprint density at radius 2 is 2.07 bits per heavy atom. The molecule has 0 fully saturated rings. The Balaban J connectivity index is 3.08. The Morgan fingerprint density at radius 1 is 1.40 bits per heavy atom. The molecule has 0 bridgehead atoms. The van der Waals surface area contributed by atoms with Gasteiger partial charge >= 0.3 is 5.97 Å². The van der Waals surface area contributed by atoms with Crippen molar-refractivity contribution in [2.45, 2.75) is 6.42 Å². The molecule has 0 saturated carbocycles. The van der Waals surface area contributed by atoms with Crippen LogP contribution in [0.2, 0.25) is 0 Å². The lowest BCUT2D eigenvalue weighted by Crippen LogP contribution is -2.06. The van der Waals surface area contributed by atoms with Gasteiger partial charge in [-0.25, -0.2) is 8.78 Å². The molecule has 1 amide bonds. The lowest BCUT2D eigenvalue weighted by atomic mass is 10.1. The molecule has 0 aliphatic carbocycles. The van der Waals surface area contributed by atoms with E-state index in [0.29, 0.717) is 0 Å². The van der Waals surface area contributed by atoms with Crippen molar-refractivity contribution in [3.63, 3.8) is 0 Å². The Bertz CT molecular complexity index is 407. The number of benzene rings is 1. The quantitative estimate of drug-likeness (QED) is 0.740. The molecule has 1 aromatic rings. The number of anilines is 1. The number of rotatable bonds is 4. The van der Waals surface area contributed by atoms with E-state index in [4.69, 9.17) is 5.11 Å². The van der Waals surface area contributed by atoms with Gasteiger partial charge in [0.05, 0.1) is 12.1 Å². The molecule has 80 valence electrons. The van der Waals surface area contributed by atoms with E-state index in [1.165, 1.54) is 0 Å². The Hall–Kier alpha value is -1.98. The lowest BCUT2D eigenvalue weighted by molar-refractivity contribution is -0.136. The third-order valence-corrected chi connectivity index (χ3v) is 1.72. The van der Waals surface area contributed by atoms with Crippen molar-refractivity contribution >= 4 is 18.1 Å². The third-order valence-electron chi connectivity index (χ3n) is 1.72. The van der Waals surface area contributed by atoms with Gasteiger partial charge in [-0.05, 0) is 6.07 Å². The summed E-state index contributed by atoms with van der Waals surface area (Å²) < 4.78 is 26.3. The summed E-state index contributed by atoms with van der Waals surface area (Å²) in [7, 11) is 0. The molecular weight excluding hydrogens is 208 g/mol. The highest BCUT2D eigenvalue weighted by atomic mass is 19.2. The average molecular weight is 215 g/mol. The molecule has 0 atom stereocenters. The predicted molar refractivity (Wildman–Crippen MR) is 47.4 cm³/mol. The van der Waals surface area contributed by atoms with Crippen LogP contribution in [0.3, 0.4) is 0 Å². The number of hydrogen-bond donors (Lipinski definition) is 2. The maximum Gasteiger partial charge on any atom is 0.307 e. The minimum absolute atomic E-state index is 0.203. The van der Waals surface area contributed by atoms with E-state index in [1.54, 1.807) is 0 Å². The molecule has 0 aliphatic heterocycles. The SMILES string of the molecule is O=CNc1ccc(CC(=O)O)c(F)c1F. The second-order valence-corrected chi connectivity index (χ2v) is 2.73. The maximum atomic E-state index is 13.2. The van der Waals surface area contributed by atoms with Gasteiger partial charge in [-0.15, -0.1) is 0 Å². The van der Waals surface area contributed by atoms with Crippen LogP contribution in [0, 0.1) is 11.6 Å². The zero-order valence-corrected chi connectivity index (χ0v) is 7.46. The average Bonchev–Trinajstić information content (AvgIpc) is 2.17. The Labute approximate surface area is 83.5 Å². The summed E-state index contributed by atoms with van der Waals surface area (Å²) in [5.41, 5.74) is -0.590. The fourth-order valence-electron chi connectivity index (χ4n) is 1.06. The fourth-order valence-corrected chi connectivity index (χ4v) is 1.06. The van der Waals surface area contributed by atoms with Crippen LogP contribution in [0.25, 0.3) is 0 Å². The smallest absolute Gasteiger partial charge is 0.307 e. The molecule has 15 heavy (non-hydrogen) atoms. The molecule has 0 aliphatic rings. The van der Waals surface area contributed by atoms with Crippen LogP contribution in [0.1, 0.15) is 5.56 Å². The highest BCUT2D eigenvalue weighted by Gasteiger charge is 2.14. The fraction of sp³-hybridized carbons (Fsp3) is 0.111. The predicted octanol–water partition coefficient (Wildman–Crippen LogP) is 1.16. The van der Waals surface area contributed by atoms with Crippen molar-refractivity contribution in [2.75, 3.05) is 5.32 Å². The lowest BCUT2D eigenvalue weighted by Gasteiger charge is -2.05. The van der Waals surface area contributed by atoms with Crippen molar-refractivity contribution in [2.24, 2.45) is 0 Å². The van der Waals surface area contributed by atoms with Crippen LogP contribution in [0.5, 0.6) is 0 Å². The van der Waals surface area contributed by atoms with E-state index in [9.17, 15) is 18.4 Å². The van der Waals surface area contributed by atoms with Crippen molar-refractivity contribution in [1.29, 1.82) is 0 Å². The summed E-state index contributed by atoms with van der Waals surface area (Å²) in [6.07, 6.45) is -0.404. The number of amides is 1. The number of aliphatic carboxylic acids is 1. The molecule has 0 unspecified atom stereocenters. The molecule has 6 heteroatoms. The van der Waals surface area contributed by atoms with Crippen molar-refractivity contribution in [3.05, 3.63) is 29.3 Å². The largest absolute Gasteiger partial charge is 0.481 e. The summed E-state index contributed by atoms with van der Waals surface area (Å²) in [6, 6.07) is 2.21. The molecule has 1 rings (SSSR count). The minimum atomic E-state index is -1.26. The Kier molecular flexibility index (Phi) is 3.33. The normalized spacial score (nSPS) is 9.73. The molecular formula is C9H7F2NO3.